The maximum Gasteiger partial charge on any atom is 0.341 e. The maximum absolute atomic E-state index is 10.8. The highest BCUT2D eigenvalue weighted by Gasteiger charge is 2.44. The van der Waals surface area contributed by atoms with Crippen molar-refractivity contribution in [1.82, 2.24) is 0 Å². The smallest absolute Gasteiger partial charge is 0.341 e. The van der Waals surface area contributed by atoms with Crippen molar-refractivity contribution in [2.75, 3.05) is 6.61 Å². The Hall–Kier alpha value is -0.230. The number of hydrogen-bond donors (Lipinski definition) is 4. The lowest BCUT2D eigenvalue weighted by molar-refractivity contribution is -0.143. The summed E-state index contributed by atoms with van der Waals surface area (Å²) in [5, 5.41) is -2.33. The molecule has 0 saturated carbocycles. The zero-order chi connectivity index (χ0) is 12.3. The fraction of sp³-hybridized carbons (Fsp3) is 0.800. The standard InChI is InChI=1S/C5H12O8P2/c1-2-13-4(6)3-5(14(7,8)9)15(10,11)12/h5H,2-3H2,1H3,(H2,7,8,9)(H2,10,11,12). The van der Waals surface area contributed by atoms with E-state index in [2.05, 4.69) is 4.74 Å². The molecule has 0 aliphatic rings. The molecule has 0 spiro atoms. The van der Waals surface area contributed by atoms with Crippen LogP contribution < -0.4 is 0 Å². The van der Waals surface area contributed by atoms with Crippen LogP contribution in [0.15, 0.2) is 0 Å². The molecular weight excluding hydrogens is 250 g/mol. The summed E-state index contributed by atoms with van der Waals surface area (Å²) < 4.78 is 25.8. The molecule has 8 nitrogen and oxygen atoms in total. The lowest BCUT2D eigenvalue weighted by Gasteiger charge is -2.18. The highest BCUT2D eigenvalue weighted by molar-refractivity contribution is 7.70. The van der Waals surface area contributed by atoms with Gasteiger partial charge in [-0.2, -0.15) is 0 Å². The van der Waals surface area contributed by atoms with Crippen molar-refractivity contribution in [2.24, 2.45) is 0 Å². The van der Waals surface area contributed by atoms with Crippen LogP contribution in [0.2, 0.25) is 0 Å². The highest BCUT2D eigenvalue weighted by Crippen LogP contribution is 2.61. The largest absolute Gasteiger partial charge is 0.466 e. The van der Waals surface area contributed by atoms with Gasteiger partial charge in [-0.3, -0.25) is 13.9 Å². The van der Waals surface area contributed by atoms with Gasteiger partial charge >= 0.3 is 21.2 Å². The van der Waals surface area contributed by atoms with Gasteiger partial charge < -0.3 is 24.3 Å². The third-order valence-corrected chi connectivity index (χ3v) is 5.15. The molecule has 0 fully saturated rings. The molecule has 0 aromatic carbocycles. The van der Waals surface area contributed by atoms with Gasteiger partial charge in [-0.1, -0.05) is 0 Å². The third-order valence-electron chi connectivity index (χ3n) is 1.43. The van der Waals surface area contributed by atoms with E-state index in [1.54, 1.807) is 0 Å². The van der Waals surface area contributed by atoms with Crippen molar-refractivity contribution in [3.8, 4) is 0 Å². The first-order chi connectivity index (χ1) is 6.59. The molecule has 0 radical (unpaired) electrons. The molecule has 0 heterocycles. The first-order valence-electron chi connectivity index (χ1n) is 3.85. The Morgan fingerprint density at radius 2 is 1.60 bits per heavy atom. The summed E-state index contributed by atoms with van der Waals surface area (Å²) in [6.07, 6.45) is -1.01. The summed E-state index contributed by atoms with van der Waals surface area (Å²) in [5.41, 5.74) is 0. The molecule has 0 amide bonds. The van der Waals surface area contributed by atoms with Crippen molar-refractivity contribution in [2.45, 2.75) is 18.7 Å². The van der Waals surface area contributed by atoms with Crippen molar-refractivity contribution in [3.63, 3.8) is 0 Å². The third kappa shape index (κ3) is 5.41. The lowest BCUT2D eigenvalue weighted by atomic mass is 10.5. The number of ether oxygens (including phenoxy) is 1. The quantitative estimate of drug-likeness (QED) is 0.388. The fourth-order valence-electron chi connectivity index (χ4n) is 0.803. The maximum atomic E-state index is 10.8. The molecule has 10 heteroatoms. The zero-order valence-electron chi connectivity index (χ0n) is 7.81. The second kappa shape index (κ2) is 5.21. The normalized spacial score (nSPS) is 12.9. The van der Waals surface area contributed by atoms with Crippen LogP contribution >= 0.6 is 15.2 Å². The SMILES string of the molecule is CCOC(=O)CC(P(=O)(O)O)P(=O)(O)O. The van der Waals surface area contributed by atoms with Crippen molar-refractivity contribution in [1.29, 1.82) is 0 Å². The van der Waals surface area contributed by atoms with Gasteiger partial charge in [0.2, 0.25) is 0 Å². The minimum atomic E-state index is -5.04. The Morgan fingerprint density at radius 1 is 1.20 bits per heavy atom. The summed E-state index contributed by atoms with van der Waals surface area (Å²) in [4.78, 5) is 45.4. The van der Waals surface area contributed by atoms with Crippen molar-refractivity contribution >= 4 is 21.2 Å². The molecule has 0 unspecified atom stereocenters. The fourth-order valence-corrected chi connectivity index (χ4v) is 3.14. The van der Waals surface area contributed by atoms with E-state index < -0.39 is 33.0 Å². The molecule has 90 valence electrons. The molecule has 0 aliphatic carbocycles. The molecule has 0 aromatic rings. The second-order valence-corrected chi connectivity index (χ2v) is 6.68. The number of esters is 1. The van der Waals surface area contributed by atoms with E-state index in [-0.39, 0.29) is 6.61 Å². The van der Waals surface area contributed by atoms with Crippen LogP contribution in [0.5, 0.6) is 0 Å². The molecule has 0 rings (SSSR count). The van der Waals surface area contributed by atoms with E-state index in [4.69, 9.17) is 19.6 Å². The van der Waals surface area contributed by atoms with E-state index in [0.717, 1.165) is 0 Å². The van der Waals surface area contributed by atoms with Gasteiger partial charge in [-0.25, -0.2) is 0 Å². The van der Waals surface area contributed by atoms with Gasteiger partial charge in [0, 0.05) is 0 Å². The molecule has 0 saturated heterocycles. The monoisotopic (exact) mass is 262 g/mol. The lowest BCUT2D eigenvalue weighted by Crippen LogP contribution is -2.16. The van der Waals surface area contributed by atoms with Crippen LogP contribution in [0, 0.1) is 0 Å². The number of carbonyl (C=O) groups is 1. The van der Waals surface area contributed by atoms with E-state index in [1.165, 1.54) is 6.92 Å². The van der Waals surface area contributed by atoms with Gasteiger partial charge in [-0.05, 0) is 6.92 Å². The van der Waals surface area contributed by atoms with Crippen LogP contribution in [0.1, 0.15) is 13.3 Å². The van der Waals surface area contributed by atoms with Crippen LogP contribution in [-0.4, -0.2) is 37.5 Å². The first-order valence-corrected chi connectivity index (χ1v) is 7.21. The summed E-state index contributed by atoms with van der Waals surface area (Å²) in [6, 6.07) is 0. The first kappa shape index (κ1) is 14.8. The van der Waals surface area contributed by atoms with Gasteiger partial charge in [0.05, 0.1) is 13.0 Å². The van der Waals surface area contributed by atoms with Gasteiger partial charge in [0.15, 0.2) is 5.40 Å². The summed E-state index contributed by atoms with van der Waals surface area (Å²) in [7, 11) is -10.1. The van der Waals surface area contributed by atoms with Gasteiger partial charge in [0.25, 0.3) is 0 Å². The van der Waals surface area contributed by atoms with Crippen molar-refractivity contribution in [3.05, 3.63) is 0 Å². The van der Waals surface area contributed by atoms with E-state index in [0.29, 0.717) is 0 Å². The zero-order valence-corrected chi connectivity index (χ0v) is 9.60. The molecule has 0 atom stereocenters. The molecule has 15 heavy (non-hydrogen) atoms. The average molecular weight is 262 g/mol. The molecule has 0 aromatic heterocycles. The number of carbonyl (C=O) groups excluding carboxylic acids is 1. The van der Waals surface area contributed by atoms with Crippen molar-refractivity contribution < 1.29 is 38.2 Å². The predicted molar refractivity (Wildman–Crippen MR) is 49.1 cm³/mol. The van der Waals surface area contributed by atoms with Crippen LogP contribution in [0.3, 0.4) is 0 Å². The van der Waals surface area contributed by atoms with Gasteiger partial charge in [-0.15, -0.1) is 0 Å². The molecule has 0 bridgehead atoms. The van der Waals surface area contributed by atoms with E-state index in [1.807, 2.05) is 0 Å². The minimum Gasteiger partial charge on any atom is -0.466 e. The molecule has 0 aliphatic heterocycles. The predicted octanol–water partition coefficient (Wildman–Crippen LogP) is -0.379. The van der Waals surface area contributed by atoms with E-state index >= 15 is 0 Å². The number of rotatable bonds is 5. The van der Waals surface area contributed by atoms with Crippen LogP contribution in [-0.2, 0) is 18.7 Å². The Kier molecular flexibility index (Phi) is 5.13. The van der Waals surface area contributed by atoms with Crippen LogP contribution in [0.4, 0.5) is 0 Å². The highest BCUT2D eigenvalue weighted by atomic mass is 31.2. The topological polar surface area (TPSA) is 141 Å². The molecular formula is C5H12O8P2. The Bertz CT molecular complexity index is 291. The Morgan fingerprint density at radius 3 is 1.87 bits per heavy atom. The summed E-state index contributed by atoms with van der Waals surface area (Å²) in [5.74, 6) is -1.06. The number of hydrogen-bond acceptors (Lipinski definition) is 4. The summed E-state index contributed by atoms with van der Waals surface area (Å²) >= 11 is 0. The Balaban J connectivity index is 4.78. The minimum absolute atomic E-state index is 0.0339. The Labute approximate surface area is 85.6 Å². The average Bonchev–Trinajstić information content (AvgIpc) is 1.96. The van der Waals surface area contributed by atoms with Crippen LogP contribution in [0.25, 0.3) is 0 Å². The second-order valence-electron chi connectivity index (χ2n) is 2.67. The van der Waals surface area contributed by atoms with E-state index in [9.17, 15) is 13.9 Å². The van der Waals surface area contributed by atoms with Gasteiger partial charge in [0.1, 0.15) is 0 Å². The summed E-state index contributed by atoms with van der Waals surface area (Å²) in [6.45, 7) is 1.43. The molecule has 4 N–H and O–H groups in total.